The second-order valence-electron chi connectivity index (χ2n) is 8.74. The lowest BCUT2D eigenvalue weighted by Gasteiger charge is -2.23. The van der Waals surface area contributed by atoms with Gasteiger partial charge in [-0.05, 0) is 36.4 Å². The van der Waals surface area contributed by atoms with E-state index in [1.807, 2.05) is 84.9 Å². The summed E-state index contributed by atoms with van der Waals surface area (Å²) in [5.41, 5.74) is 3.25. The number of esters is 2. The molecule has 1 aliphatic heterocycles. The first kappa shape index (κ1) is 29.8. The molecule has 43 heavy (non-hydrogen) atoms. The molecule has 9 nitrogen and oxygen atoms in total. The van der Waals surface area contributed by atoms with Gasteiger partial charge in [0.25, 0.3) is 5.70 Å². The van der Waals surface area contributed by atoms with Gasteiger partial charge in [-0.15, -0.1) is 0 Å². The molecule has 0 unspecified atom stereocenters. The summed E-state index contributed by atoms with van der Waals surface area (Å²) in [5.74, 6) is 0.119. The molecule has 0 aliphatic carbocycles. The Bertz CT molecular complexity index is 1890. The van der Waals surface area contributed by atoms with Crippen molar-refractivity contribution in [2.45, 2.75) is 0 Å². The van der Waals surface area contributed by atoms with Crippen molar-refractivity contribution in [3.63, 3.8) is 0 Å². The number of carbonyl (C=O) groups excluding carboxylic acids is 2. The molecule has 4 aromatic carbocycles. The molecule has 1 aliphatic rings. The second kappa shape index (κ2) is 13.9. The van der Waals surface area contributed by atoms with Gasteiger partial charge in [-0.2, -0.15) is 0 Å². The van der Waals surface area contributed by atoms with Crippen LogP contribution in [0.5, 0.6) is 11.5 Å². The van der Waals surface area contributed by atoms with E-state index < -0.39 is 11.9 Å². The summed E-state index contributed by atoms with van der Waals surface area (Å²) < 4.78 is 20.3. The van der Waals surface area contributed by atoms with Crippen LogP contribution in [0.3, 0.4) is 0 Å². The number of methoxy groups -OCH3 is 2. The van der Waals surface area contributed by atoms with Crippen LogP contribution in [0.15, 0.2) is 112 Å². The van der Waals surface area contributed by atoms with Crippen LogP contribution < -0.4 is 10.2 Å². The monoisotopic (exact) mass is 572 g/mol. The first-order valence-corrected chi connectivity index (χ1v) is 12.8. The van der Waals surface area contributed by atoms with Gasteiger partial charge in [-0.1, -0.05) is 60.7 Å². The number of hydrogen-bond donors (Lipinski definition) is 0. The van der Waals surface area contributed by atoms with Crippen LogP contribution in [0.4, 0.5) is 0 Å². The van der Waals surface area contributed by atoms with Crippen LogP contribution in [0, 0.1) is 13.1 Å². The van der Waals surface area contributed by atoms with Crippen LogP contribution in [-0.4, -0.2) is 32.7 Å². The Morgan fingerprint density at radius 1 is 0.721 bits per heavy atom. The van der Waals surface area contributed by atoms with E-state index in [9.17, 15) is 14.4 Å². The van der Waals surface area contributed by atoms with Gasteiger partial charge in [0.05, 0.1) is 31.6 Å². The SMILES string of the molecule is O=c1c2ccccc2oc2ccccc12.[C-]#[N+]C(C(=O)OC)=C1c2ccccc2Oc2ccccc21.[C-]#[N+]CC(=O)OC. The summed E-state index contributed by atoms with van der Waals surface area (Å²) >= 11 is 0. The molecule has 1 aromatic heterocycles. The van der Waals surface area contributed by atoms with Crippen molar-refractivity contribution in [1.29, 1.82) is 0 Å². The number of fused-ring (bicyclic) bond motifs is 4. The number of hydrogen-bond acceptors (Lipinski definition) is 7. The van der Waals surface area contributed by atoms with Gasteiger partial charge in [0.1, 0.15) is 22.7 Å². The van der Waals surface area contributed by atoms with Crippen LogP contribution in [0.1, 0.15) is 11.1 Å². The molecule has 9 heteroatoms. The molecule has 0 radical (unpaired) electrons. The summed E-state index contributed by atoms with van der Waals surface area (Å²) in [5, 5.41) is 1.27. The van der Waals surface area contributed by atoms with Crippen molar-refractivity contribution in [3.8, 4) is 11.5 Å². The maximum absolute atomic E-state index is 12.0. The minimum Gasteiger partial charge on any atom is -0.474 e. The van der Waals surface area contributed by atoms with Crippen molar-refractivity contribution < 1.29 is 28.2 Å². The topological polar surface area (TPSA) is 101 Å². The number of para-hydroxylation sites is 4. The van der Waals surface area contributed by atoms with E-state index in [1.165, 1.54) is 14.2 Å². The molecular weight excluding hydrogens is 548 g/mol. The Kier molecular flexibility index (Phi) is 9.65. The largest absolute Gasteiger partial charge is 0.474 e. The fourth-order valence-electron chi connectivity index (χ4n) is 4.22. The number of rotatable bonds is 2. The van der Waals surface area contributed by atoms with Gasteiger partial charge in [-0.25, -0.2) is 16.2 Å². The average Bonchev–Trinajstić information content (AvgIpc) is 3.05. The van der Waals surface area contributed by atoms with Gasteiger partial charge >= 0.3 is 18.5 Å². The number of carbonyl (C=O) groups is 2. The predicted octanol–water partition coefficient (Wildman–Crippen LogP) is 6.67. The first-order valence-electron chi connectivity index (χ1n) is 12.8. The third-order valence-corrected chi connectivity index (χ3v) is 6.18. The van der Waals surface area contributed by atoms with E-state index >= 15 is 0 Å². The molecule has 0 amide bonds. The summed E-state index contributed by atoms with van der Waals surface area (Å²) in [4.78, 5) is 40.1. The van der Waals surface area contributed by atoms with Gasteiger partial charge in [0.2, 0.25) is 5.43 Å². The first-order chi connectivity index (χ1) is 20.9. The highest BCUT2D eigenvalue weighted by Gasteiger charge is 2.27. The second-order valence-corrected chi connectivity index (χ2v) is 8.74. The zero-order chi connectivity index (χ0) is 30.8. The highest BCUT2D eigenvalue weighted by Crippen LogP contribution is 2.45. The van der Waals surface area contributed by atoms with Crippen LogP contribution in [0.2, 0.25) is 0 Å². The molecule has 6 rings (SSSR count). The lowest BCUT2D eigenvalue weighted by atomic mass is 9.92. The van der Waals surface area contributed by atoms with E-state index in [0.717, 1.165) is 0 Å². The lowest BCUT2D eigenvalue weighted by Crippen LogP contribution is -2.09. The maximum atomic E-state index is 12.0. The van der Waals surface area contributed by atoms with Crippen LogP contribution in [0.25, 0.3) is 37.2 Å². The van der Waals surface area contributed by atoms with Crippen molar-refractivity contribution in [2.75, 3.05) is 20.8 Å². The predicted molar refractivity (Wildman–Crippen MR) is 161 cm³/mol. The standard InChI is InChI=1S/C17H11NO3.C13H8O2.C4H5NO2/c1-18-16(17(19)20-2)15-11-7-3-5-9-13(11)21-14-10-6-4-8-12(14)15;14-13-9-5-1-3-7-11(9)15-12-8-4-2-6-10(12)13;1-5-3-4(6)7-2/h3-10H,2H3;1-8H;3H2,2H3. The molecule has 5 aromatic rings. The molecule has 0 spiro atoms. The zero-order valence-electron chi connectivity index (χ0n) is 23.2. The summed E-state index contributed by atoms with van der Waals surface area (Å²) in [6.45, 7) is 13.3. The van der Waals surface area contributed by atoms with Crippen molar-refractivity contribution >= 4 is 39.5 Å². The third kappa shape index (κ3) is 6.59. The lowest BCUT2D eigenvalue weighted by molar-refractivity contribution is -0.138. The van der Waals surface area contributed by atoms with Gasteiger partial charge in [0.15, 0.2) is 0 Å². The Labute approximate surface area is 246 Å². The van der Waals surface area contributed by atoms with Crippen molar-refractivity contribution in [3.05, 3.63) is 147 Å². The molecule has 0 saturated heterocycles. The normalized spacial score (nSPS) is 10.6. The zero-order valence-corrected chi connectivity index (χ0v) is 23.2. The molecule has 0 bridgehead atoms. The molecule has 2 heterocycles. The van der Waals surface area contributed by atoms with Crippen molar-refractivity contribution in [1.82, 2.24) is 0 Å². The Balaban J connectivity index is 0.000000167. The Morgan fingerprint density at radius 3 is 1.65 bits per heavy atom. The fourth-order valence-corrected chi connectivity index (χ4v) is 4.22. The molecule has 0 N–H and O–H groups in total. The molecule has 0 saturated carbocycles. The van der Waals surface area contributed by atoms with Gasteiger partial charge in [-0.3, -0.25) is 9.59 Å². The average molecular weight is 573 g/mol. The Morgan fingerprint density at radius 2 is 1.21 bits per heavy atom. The van der Waals surface area contributed by atoms with E-state index in [-0.39, 0.29) is 17.7 Å². The van der Waals surface area contributed by atoms with Gasteiger partial charge in [0, 0.05) is 16.7 Å². The highest BCUT2D eigenvalue weighted by atomic mass is 16.5. The quantitative estimate of drug-likeness (QED) is 0.0989. The van der Waals surface area contributed by atoms with E-state index in [1.54, 1.807) is 12.1 Å². The summed E-state index contributed by atoms with van der Waals surface area (Å²) in [6.07, 6.45) is 0. The molecular formula is C34H24N2O7. The van der Waals surface area contributed by atoms with Crippen LogP contribution >= 0.6 is 0 Å². The van der Waals surface area contributed by atoms with E-state index in [4.69, 9.17) is 27.0 Å². The number of nitrogens with zero attached hydrogens (tertiary/aromatic N) is 2. The summed E-state index contributed by atoms with van der Waals surface area (Å²) in [7, 11) is 2.53. The number of benzene rings is 4. The van der Waals surface area contributed by atoms with E-state index in [0.29, 0.717) is 50.1 Å². The molecule has 212 valence electrons. The van der Waals surface area contributed by atoms with Gasteiger partial charge < -0.3 is 23.5 Å². The summed E-state index contributed by atoms with van der Waals surface area (Å²) in [6, 6.07) is 29.2. The Hall–Kier alpha value is -6.19. The van der Waals surface area contributed by atoms with Crippen molar-refractivity contribution in [2.24, 2.45) is 0 Å². The third-order valence-electron chi connectivity index (χ3n) is 6.18. The fraction of sp³-hybridized carbons (Fsp3) is 0.0882. The minimum atomic E-state index is -0.647. The van der Waals surface area contributed by atoms with E-state index in [2.05, 4.69) is 14.4 Å². The number of ether oxygens (including phenoxy) is 3. The maximum Gasteiger partial charge on any atom is 0.386 e. The molecule has 0 atom stereocenters. The smallest absolute Gasteiger partial charge is 0.386 e. The van der Waals surface area contributed by atoms with Crippen LogP contribution in [-0.2, 0) is 19.1 Å². The minimum absolute atomic E-state index is 0.0347. The molecule has 0 fully saturated rings. The highest BCUT2D eigenvalue weighted by molar-refractivity contribution is 6.05.